The Morgan fingerprint density at radius 3 is 2.67 bits per heavy atom. The number of hydrogen-bond acceptors (Lipinski definition) is 4. The Balaban J connectivity index is 2.59. The molecule has 0 radical (unpaired) electrons. The molecule has 1 fully saturated rings. The molecule has 1 aliphatic rings. The zero-order valence-corrected chi connectivity index (χ0v) is 10.9. The molecule has 18 heavy (non-hydrogen) atoms. The largest absolute Gasteiger partial charge is 0.419 e. The van der Waals surface area contributed by atoms with Gasteiger partial charge in [0.25, 0.3) is 0 Å². The van der Waals surface area contributed by atoms with E-state index < -0.39 is 36.7 Å². The molecule has 1 aliphatic heterocycles. The predicted molar refractivity (Wildman–Crippen MR) is 63.2 cm³/mol. The summed E-state index contributed by atoms with van der Waals surface area (Å²) in [7, 11) is 0. The van der Waals surface area contributed by atoms with E-state index >= 15 is 0 Å². The number of halogens is 3. The van der Waals surface area contributed by atoms with Crippen LogP contribution in [0.1, 0.15) is 12.8 Å². The maximum Gasteiger partial charge on any atom is 0.419 e. The average Bonchev–Trinajstić information content (AvgIpc) is 2.68. The zero-order valence-electron chi connectivity index (χ0n) is 10.0. The van der Waals surface area contributed by atoms with Gasteiger partial charge in [0.1, 0.15) is 0 Å². The van der Waals surface area contributed by atoms with E-state index in [1.807, 2.05) is 6.26 Å². The molecule has 1 saturated heterocycles. The number of carbonyl (C=O) groups excluding carboxylic acids is 1. The van der Waals surface area contributed by atoms with Crippen LogP contribution in [0.4, 0.5) is 13.2 Å². The summed E-state index contributed by atoms with van der Waals surface area (Å²) in [4.78, 5) is 12.8. The van der Waals surface area contributed by atoms with Gasteiger partial charge in [-0.2, -0.15) is 24.9 Å². The Bertz CT molecular complexity index is 314. The van der Waals surface area contributed by atoms with Gasteiger partial charge in [0, 0.05) is 13.0 Å². The Kier molecular flexibility index (Phi) is 4.90. The first-order chi connectivity index (χ1) is 8.21. The lowest BCUT2D eigenvalue weighted by atomic mass is 10.0. The van der Waals surface area contributed by atoms with Crippen LogP contribution < -0.4 is 5.73 Å². The van der Waals surface area contributed by atoms with Crippen LogP contribution in [0.25, 0.3) is 0 Å². The Morgan fingerprint density at radius 2 is 2.22 bits per heavy atom. The highest BCUT2D eigenvalue weighted by Gasteiger charge is 2.57. The number of β-amino-alcohol motifs (C(OH)–C–C–N with tert-alkyl or cyclic N) is 1. The minimum atomic E-state index is -4.72. The molecule has 1 rings (SSSR count). The van der Waals surface area contributed by atoms with Crippen LogP contribution in [0.2, 0.25) is 0 Å². The van der Waals surface area contributed by atoms with Crippen molar-refractivity contribution in [3.8, 4) is 0 Å². The Labute approximate surface area is 108 Å². The molecule has 0 aliphatic carbocycles. The lowest BCUT2D eigenvalue weighted by molar-refractivity contribution is -0.253. The van der Waals surface area contributed by atoms with Gasteiger partial charge in [-0.15, -0.1) is 0 Å². The normalized spacial score (nSPS) is 26.4. The van der Waals surface area contributed by atoms with Crippen molar-refractivity contribution in [1.29, 1.82) is 0 Å². The van der Waals surface area contributed by atoms with Gasteiger partial charge in [0.15, 0.2) is 5.60 Å². The SMILES string of the molecule is CSCC[C@H](N)C(=O)N1CCC(O)(C(F)(F)F)C1. The summed E-state index contributed by atoms with van der Waals surface area (Å²) in [6.07, 6.45) is -2.93. The molecule has 106 valence electrons. The van der Waals surface area contributed by atoms with Crippen molar-refractivity contribution in [2.45, 2.75) is 30.7 Å². The van der Waals surface area contributed by atoms with Gasteiger partial charge in [-0.1, -0.05) is 0 Å². The molecule has 1 unspecified atom stereocenters. The Hall–Kier alpha value is -0.470. The first-order valence-electron chi connectivity index (χ1n) is 5.54. The van der Waals surface area contributed by atoms with Crippen LogP contribution >= 0.6 is 11.8 Å². The van der Waals surface area contributed by atoms with Gasteiger partial charge >= 0.3 is 6.18 Å². The summed E-state index contributed by atoms with van der Waals surface area (Å²) in [5.41, 5.74) is 2.82. The van der Waals surface area contributed by atoms with Crippen molar-refractivity contribution in [2.75, 3.05) is 25.1 Å². The van der Waals surface area contributed by atoms with Gasteiger partial charge in [-0.05, 0) is 18.4 Å². The lowest BCUT2D eigenvalue weighted by Gasteiger charge is -2.26. The van der Waals surface area contributed by atoms with Crippen molar-refractivity contribution in [1.82, 2.24) is 4.90 Å². The van der Waals surface area contributed by atoms with Gasteiger partial charge in [0.2, 0.25) is 5.91 Å². The fourth-order valence-electron chi connectivity index (χ4n) is 1.82. The number of nitrogens with two attached hydrogens (primary N) is 1. The number of aliphatic hydroxyl groups is 1. The number of likely N-dealkylation sites (tertiary alicyclic amines) is 1. The van der Waals surface area contributed by atoms with E-state index in [4.69, 9.17) is 5.73 Å². The number of rotatable bonds is 4. The van der Waals surface area contributed by atoms with Crippen molar-refractivity contribution in [3.63, 3.8) is 0 Å². The third kappa shape index (κ3) is 3.30. The molecule has 3 N–H and O–H groups in total. The van der Waals surface area contributed by atoms with Crippen LogP contribution in [-0.4, -0.2) is 58.8 Å². The molecule has 1 heterocycles. The van der Waals surface area contributed by atoms with Crippen LogP contribution in [0, 0.1) is 0 Å². The fraction of sp³-hybridized carbons (Fsp3) is 0.900. The summed E-state index contributed by atoms with van der Waals surface area (Å²) in [6, 6.07) is -0.798. The van der Waals surface area contributed by atoms with E-state index in [1.54, 1.807) is 0 Å². The molecule has 0 bridgehead atoms. The highest BCUT2D eigenvalue weighted by molar-refractivity contribution is 7.98. The first kappa shape index (κ1) is 15.6. The van der Waals surface area contributed by atoms with Crippen molar-refractivity contribution < 1.29 is 23.1 Å². The summed E-state index contributed by atoms with van der Waals surface area (Å²) in [6.45, 7) is -0.829. The second kappa shape index (κ2) is 5.66. The zero-order chi connectivity index (χ0) is 14.0. The minimum absolute atomic E-state index is 0.109. The molecular formula is C10H17F3N2O2S. The van der Waals surface area contributed by atoms with Crippen molar-refractivity contribution in [3.05, 3.63) is 0 Å². The molecule has 2 atom stereocenters. The molecule has 1 amide bonds. The molecule has 0 aromatic carbocycles. The predicted octanol–water partition coefficient (Wildman–Crippen LogP) is 0.592. The lowest BCUT2D eigenvalue weighted by Crippen LogP contribution is -2.50. The number of hydrogen-bond donors (Lipinski definition) is 2. The van der Waals surface area contributed by atoms with E-state index in [0.29, 0.717) is 12.2 Å². The smallest absolute Gasteiger partial charge is 0.379 e. The monoisotopic (exact) mass is 286 g/mol. The number of alkyl halides is 3. The summed E-state index contributed by atoms with van der Waals surface area (Å²) in [5, 5.41) is 9.44. The summed E-state index contributed by atoms with van der Waals surface area (Å²) < 4.78 is 37.7. The van der Waals surface area contributed by atoms with E-state index in [-0.39, 0.29) is 6.54 Å². The summed E-state index contributed by atoms with van der Waals surface area (Å²) >= 11 is 1.51. The molecule has 8 heteroatoms. The van der Waals surface area contributed by atoms with E-state index in [9.17, 15) is 23.1 Å². The first-order valence-corrected chi connectivity index (χ1v) is 6.93. The number of thioether (sulfide) groups is 1. The maximum absolute atomic E-state index is 12.6. The third-order valence-electron chi connectivity index (χ3n) is 3.04. The fourth-order valence-corrected chi connectivity index (χ4v) is 2.31. The summed E-state index contributed by atoms with van der Waals surface area (Å²) in [5.74, 6) is 0.147. The van der Waals surface area contributed by atoms with E-state index in [1.165, 1.54) is 11.8 Å². The molecular weight excluding hydrogens is 269 g/mol. The van der Waals surface area contributed by atoms with E-state index in [2.05, 4.69) is 0 Å². The van der Waals surface area contributed by atoms with Crippen molar-refractivity contribution in [2.24, 2.45) is 5.73 Å². The van der Waals surface area contributed by atoms with Gasteiger partial charge in [0.05, 0.1) is 12.6 Å². The van der Waals surface area contributed by atoms with Crippen LogP contribution in [-0.2, 0) is 4.79 Å². The topological polar surface area (TPSA) is 66.6 Å². The molecule has 4 nitrogen and oxygen atoms in total. The molecule has 0 saturated carbocycles. The van der Waals surface area contributed by atoms with E-state index in [0.717, 1.165) is 4.90 Å². The van der Waals surface area contributed by atoms with Crippen LogP contribution in [0.5, 0.6) is 0 Å². The second-order valence-corrected chi connectivity index (χ2v) is 5.41. The quantitative estimate of drug-likeness (QED) is 0.794. The van der Waals surface area contributed by atoms with Gasteiger partial charge in [-0.3, -0.25) is 4.79 Å². The van der Waals surface area contributed by atoms with Crippen LogP contribution in [0.15, 0.2) is 0 Å². The second-order valence-electron chi connectivity index (χ2n) is 4.43. The molecule has 0 spiro atoms. The van der Waals surface area contributed by atoms with Gasteiger partial charge < -0.3 is 15.7 Å². The average molecular weight is 286 g/mol. The highest BCUT2D eigenvalue weighted by Crippen LogP contribution is 2.37. The standard InChI is InChI=1S/C10H17F3N2O2S/c1-18-5-2-7(14)8(16)15-4-3-9(17,6-15)10(11,12)13/h7,17H,2-6,14H2,1H3/t7-,9?/m0/s1. The Morgan fingerprint density at radius 1 is 1.61 bits per heavy atom. The number of amides is 1. The van der Waals surface area contributed by atoms with Crippen molar-refractivity contribution >= 4 is 17.7 Å². The highest BCUT2D eigenvalue weighted by atomic mass is 32.2. The van der Waals surface area contributed by atoms with Gasteiger partial charge in [-0.25, -0.2) is 0 Å². The van der Waals surface area contributed by atoms with Crippen LogP contribution in [0.3, 0.4) is 0 Å². The minimum Gasteiger partial charge on any atom is -0.379 e. The molecule has 0 aromatic heterocycles. The molecule has 0 aromatic rings. The number of carbonyl (C=O) groups is 1. The third-order valence-corrected chi connectivity index (χ3v) is 3.68. The number of nitrogens with zero attached hydrogens (tertiary/aromatic N) is 1. The maximum atomic E-state index is 12.6.